The largest absolute Gasteiger partial charge is 0.493 e. The summed E-state index contributed by atoms with van der Waals surface area (Å²) >= 11 is 0. The van der Waals surface area contributed by atoms with Gasteiger partial charge in [-0.1, -0.05) is 0 Å². The molecule has 0 fully saturated rings. The Bertz CT molecular complexity index is 649. The van der Waals surface area contributed by atoms with E-state index in [9.17, 15) is 0 Å². The molecule has 0 atom stereocenters. The molecule has 0 unspecified atom stereocenters. The molecular formula is C15H20N4O2. The van der Waals surface area contributed by atoms with Crippen molar-refractivity contribution in [2.24, 2.45) is 5.73 Å². The maximum Gasteiger partial charge on any atom is 0.161 e. The van der Waals surface area contributed by atoms with Gasteiger partial charge in [0.1, 0.15) is 12.4 Å². The van der Waals surface area contributed by atoms with Crippen LogP contribution in [0.25, 0.3) is 0 Å². The number of hydrogen-bond donors (Lipinski definition) is 2. The molecule has 112 valence electrons. The van der Waals surface area contributed by atoms with E-state index in [4.69, 9.17) is 20.6 Å². The van der Waals surface area contributed by atoms with Crippen molar-refractivity contribution in [3.8, 4) is 11.5 Å². The normalized spacial score (nSPS) is 10.4. The second kappa shape index (κ2) is 6.30. The third-order valence-corrected chi connectivity index (χ3v) is 3.14. The summed E-state index contributed by atoms with van der Waals surface area (Å²) in [5.41, 5.74) is 8.05. The second-order valence-corrected chi connectivity index (χ2v) is 4.66. The third-order valence-electron chi connectivity index (χ3n) is 3.14. The van der Waals surface area contributed by atoms with Gasteiger partial charge in [0, 0.05) is 12.1 Å². The molecule has 0 saturated heterocycles. The number of aryl methyl sites for hydroxylation is 2. The Labute approximate surface area is 124 Å². The summed E-state index contributed by atoms with van der Waals surface area (Å²) in [4.78, 5) is 0. The van der Waals surface area contributed by atoms with Crippen molar-refractivity contribution in [3.63, 3.8) is 0 Å². The highest BCUT2D eigenvalue weighted by molar-refractivity contribution is 5.95. The molecule has 3 N–H and O–H groups in total. The molecule has 0 radical (unpaired) electrons. The van der Waals surface area contributed by atoms with Gasteiger partial charge in [0.2, 0.25) is 0 Å². The van der Waals surface area contributed by atoms with Crippen molar-refractivity contribution >= 4 is 5.84 Å². The number of nitrogen functional groups attached to an aromatic ring is 1. The van der Waals surface area contributed by atoms with E-state index in [1.165, 1.54) is 0 Å². The quantitative estimate of drug-likeness (QED) is 0.629. The van der Waals surface area contributed by atoms with Crippen molar-refractivity contribution in [2.45, 2.75) is 27.0 Å². The first-order chi connectivity index (χ1) is 10.0. The fourth-order valence-corrected chi connectivity index (χ4v) is 2.10. The minimum absolute atomic E-state index is 0.000431. The van der Waals surface area contributed by atoms with Gasteiger partial charge in [0.15, 0.2) is 11.5 Å². The zero-order valence-corrected chi connectivity index (χ0v) is 12.5. The molecule has 0 aliphatic rings. The van der Waals surface area contributed by atoms with Crippen LogP contribution < -0.4 is 15.2 Å². The molecule has 1 aromatic heterocycles. The van der Waals surface area contributed by atoms with E-state index in [1.54, 1.807) is 25.3 Å². The van der Waals surface area contributed by atoms with E-state index in [2.05, 4.69) is 5.10 Å². The molecule has 1 heterocycles. The predicted octanol–water partition coefficient (Wildman–Crippen LogP) is 2.08. The number of ether oxygens (including phenoxy) is 2. The van der Waals surface area contributed by atoms with Gasteiger partial charge in [-0.3, -0.25) is 10.1 Å². The van der Waals surface area contributed by atoms with Crippen LogP contribution in [0.4, 0.5) is 0 Å². The highest BCUT2D eigenvalue weighted by atomic mass is 16.5. The van der Waals surface area contributed by atoms with E-state index in [0.717, 1.165) is 17.9 Å². The van der Waals surface area contributed by atoms with Gasteiger partial charge in [-0.2, -0.15) is 5.10 Å². The van der Waals surface area contributed by atoms with Crippen LogP contribution in [0.15, 0.2) is 24.3 Å². The number of nitrogens with zero attached hydrogens (tertiary/aromatic N) is 2. The summed E-state index contributed by atoms with van der Waals surface area (Å²) in [5, 5.41) is 11.8. The Balaban J connectivity index is 2.17. The summed E-state index contributed by atoms with van der Waals surface area (Å²) in [6.45, 7) is 5.20. The molecule has 6 nitrogen and oxygen atoms in total. The molecule has 0 spiro atoms. The second-order valence-electron chi connectivity index (χ2n) is 4.66. The van der Waals surface area contributed by atoms with E-state index in [-0.39, 0.29) is 5.84 Å². The Morgan fingerprint density at radius 3 is 2.71 bits per heavy atom. The van der Waals surface area contributed by atoms with E-state index in [1.807, 2.05) is 24.6 Å². The highest BCUT2D eigenvalue weighted by Crippen LogP contribution is 2.28. The van der Waals surface area contributed by atoms with Crippen LogP contribution in [0.3, 0.4) is 0 Å². The number of nitrogens with two attached hydrogens (primary N) is 1. The molecular weight excluding hydrogens is 268 g/mol. The molecule has 6 heteroatoms. The van der Waals surface area contributed by atoms with Gasteiger partial charge < -0.3 is 15.2 Å². The summed E-state index contributed by atoms with van der Waals surface area (Å²) < 4.78 is 13.0. The van der Waals surface area contributed by atoms with Crippen LogP contribution in [0, 0.1) is 12.3 Å². The maximum absolute atomic E-state index is 7.44. The van der Waals surface area contributed by atoms with Gasteiger partial charge in [-0.25, -0.2) is 0 Å². The van der Waals surface area contributed by atoms with Crippen LogP contribution in [-0.4, -0.2) is 22.7 Å². The van der Waals surface area contributed by atoms with Crippen molar-refractivity contribution in [1.82, 2.24) is 9.78 Å². The third kappa shape index (κ3) is 3.34. The minimum Gasteiger partial charge on any atom is -0.493 e. The van der Waals surface area contributed by atoms with Crippen molar-refractivity contribution in [1.29, 1.82) is 5.41 Å². The standard InChI is InChI=1S/C15H20N4O2/c1-4-19-12(7-10(2)18-19)9-21-13-6-5-11(15(16)17)8-14(13)20-3/h5-8H,4,9H2,1-3H3,(H3,16,17). The number of nitrogens with one attached hydrogen (secondary N) is 1. The number of rotatable bonds is 6. The van der Waals surface area contributed by atoms with Crippen molar-refractivity contribution in [3.05, 3.63) is 41.2 Å². The molecule has 0 saturated carbocycles. The minimum atomic E-state index is -0.000431. The highest BCUT2D eigenvalue weighted by Gasteiger charge is 2.10. The first-order valence-corrected chi connectivity index (χ1v) is 6.73. The lowest BCUT2D eigenvalue weighted by Gasteiger charge is -2.12. The summed E-state index contributed by atoms with van der Waals surface area (Å²) in [5.74, 6) is 1.17. The lowest BCUT2D eigenvalue weighted by atomic mass is 10.2. The number of aromatic nitrogens is 2. The van der Waals surface area contributed by atoms with E-state index in [0.29, 0.717) is 23.7 Å². The van der Waals surface area contributed by atoms with Gasteiger partial charge in [-0.15, -0.1) is 0 Å². The monoisotopic (exact) mass is 288 g/mol. The number of amidine groups is 1. The zero-order chi connectivity index (χ0) is 15.4. The smallest absolute Gasteiger partial charge is 0.161 e. The van der Waals surface area contributed by atoms with Gasteiger partial charge >= 0.3 is 0 Å². The van der Waals surface area contributed by atoms with Crippen LogP contribution in [0.2, 0.25) is 0 Å². The Hall–Kier alpha value is -2.50. The SMILES string of the molecule is CCn1nc(C)cc1COc1ccc(C(=N)N)cc1OC. The van der Waals surface area contributed by atoms with Crippen LogP contribution in [0.1, 0.15) is 23.9 Å². The molecule has 1 aromatic carbocycles. The van der Waals surface area contributed by atoms with Gasteiger partial charge in [0.25, 0.3) is 0 Å². The zero-order valence-electron chi connectivity index (χ0n) is 12.5. The van der Waals surface area contributed by atoms with Crippen molar-refractivity contribution in [2.75, 3.05) is 7.11 Å². The molecule has 0 amide bonds. The molecule has 0 bridgehead atoms. The molecule has 0 aliphatic heterocycles. The van der Waals surface area contributed by atoms with E-state index < -0.39 is 0 Å². The fraction of sp³-hybridized carbons (Fsp3) is 0.333. The van der Waals surface area contributed by atoms with Crippen LogP contribution >= 0.6 is 0 Å². The fourth-order valence-electron chi connectivity index (χ4n) is 2.10. The molecule has 2 rings (SSSR count). The van der Waals surface area contributed by atoms with Gasteiger partial charge in [-0.05, 0) is 38.1 Å². The van der Waals surface area contributed by atoms with Crippen molar-refractivity contribution < 1.29 is 9.47 Å². The molecule has 21 heavy (non-hydrogen) atoms. The lowest BCUT2D eigenvalue weighted by Crippen LogP contribution is -2.11. The number of hydrogen-bond acceptors (Lipinski definition) is 4. The predicted molar refractivity (Wildman–Crippen MR) is 81.0 cm³/mol. The number of benzene rings is 1. The summed E-state index contributed by atoms with van der Waals surface area (Å²) in [7, 11) is 1.56. The first-order valence-electron chi connectivity index (χ1n) is 6.73. The summed E-state index contributed by atoms with van der Waals surface area (Å²) in [6.07, 6.45) is 0. The Morgan fingerprint density at radius 2 is 2.10 bits per heavy atom. The van der Waals surface area contributed by atoms with Crippen LogP contribution in [-0.2, 0) is 13.2 Å². The van der Waals surface area contributed by atoms with Gasteiger partial charge in [0.05, 0.1) is 18.5 Å². The molecule has 2 aromatic rings. The van der Waals surface area contributed by atoms with Crippen LogP contribution in [0.5, 0.6) is 11.5 Å². The maximum atomic E-state index is 7.44. The number of methoxy groups -OCH3 is 1. The topological polar surface area (TPSA) is 86.2 Å². The first kappa shape index (κ1) is 14.9. The Morgan fingerprint density at radius 1 is 1.33 bits per heavy atom. The Kier molecular flexibility index (Phi) is 4.47. The lowest BCUT2D eigenvalue weighted by molar-refractivity contribution is 0.274. The average Bonchev–Trinajstić information content (AvgIpc) is 2.84. The summed E-state index contributed by atoms with van der Waals surface area (Å²) in [6, 6.07) is 7.19. The molecule has 0 aliphatic carbocycles. The van der Waals surface area contributed by atoms with E-state index >= 15 is 0 Å². The average molecular weight is 288 g/mol.